The topological polar surface area (TPSA) is 26.0 Å². The van der Waals surface area contributed by atoms with Gasteiger partial charge in [-0.3, -0.25) is 0 Å². The second kappa shape index (κ2) is 6.28. The molecule has 0 saturated heterocycles. The molecule has 0 fully saturated rings. The fourth-order valence-corrected chi connectivity index (χ4v) is 2.88. The summed E-state index contributed by atoms with van der Waals surface area (Å²) in [5, 5.41) is 0.770. The highest BCUT2D eigenvalue weighted by atomic mass is 35.5. The molecule has 0 amide bonds. The van der Waals surface area contributed by atoms with Crippen molar-refractivity contribution in [2.45, 2.75) is 23.1 Å². The maximum absolute atomic E-state index is 6.03. The van der Waals surface area contributed by atoms with Gasteiger partial charge in [-0.05, 0) is 55.8 Å². The summed E-state index contributed by atoms with van der Waals surface area (Å²) in [6.45, 7) is 2.73. The van der Waals surface area contributed by atoms with Crippen LogP contribution in [-0.2, 0) is 6.42 Å². The van der Waals surface area contributed by atoms with Gasteiger partial charge in [0.1, 0.15) is 0 Å². The molecule has 94 valence electrons. The summed E-state index contributed by atoms with van der Waals surface area (Å²) in [6, 6.07) is 14.5. The summed E-state index contributed by atoms with van der Waals surface area (Å²) < 4.78 is 0. The molecule has 2 aromatic rings. The molecule has 0 radical (unpaired) electrons. The Labute approximate surface area is 117 Å². The van der Waals surface area contributed by atoms with Crippen LogP contribution in [0.1, 0.15) is 11.1 Å². The number of aryl methyl sites for hydroxylation is 1. The highest BCUT2D eigenvalue weighted by molar-refractivity contribution is 7.99. The normalized spacial score (nSPS) is 10.6. The molecule has 2 rings (SSSR count). The van der Waals surface area contributed by atoms with Gasteiger partial charge in [0.25, 0.3) is 0 Å². The van der Waals surface area contributed by atoms with E-state index < -0.39 is 0 Å². The van der Waals surface area contributed by atoms with Gasteiger partial charge in [0, 0.05) is 14.8 Å². The Hall–Kier alpha value is -0.960. The number of rotatable bonds is 4. The average Bonchev–Trinajstić information content (AvgIpc) is 2.36. The second-order valence-corrected chi connectivity index (χ2v) is 5.76. The van der Waals surface area contributed by atoms with Gasteiger partial charge in [0.15, 0.2) is 0 Å². The molecule has 0 atom stereocenters. The molecular formula is C15H16ClNS. The van der Waals surface area contributed by atoms with Crippen molar-refractivity contribution < 1.29 is 0 Å². The molecule has 18 heavy (non-hydrogen) atoms. The van der Waals surface area contributed by atoms with Gasteiger partial charge < -0.3 is 5.73 Å². The lowest BCUT2D eigenvalue weighted by Gasteiger charge is -2.09. The van der Waals surface area contributed by atoms with Gasteiger partial charge in [-0.2, -0.15) is 0 Å². The molecule has 2 N–H and O–H groups in total. The van der Waals surface area contributed by atoms with Crippen LogP contribution in [0.2, 0.25) is 5.02 Å². The van der Waals surface area contributed by atoms with Crippen LogP contribution in [0.5, 0.6) is 0 Å². The van der Waals surface area contributed by atoms with E-state index in [0.29, 0.717) is 6.54 Å². The van der Waals surface area contributed by atoms with Gasteiger partial charge in [0.05, 0.1) is 0 Å². The lowest BCUT2D eigenvalue weighted by molar-refractivity contribution is 0.944. The number of halogens is 1. The standard InChI is InChI=1S/C15H16ClNS/c1-11-2-5-14(6-3-11)18-15-7-4-13(16)10-12(15)8-9-17/h2-7,10H,8-9,17H2,1H3. The fraction of sp³-hybridized carbons (Fsp3) is 0.200. The predicted molar refractivity (Wildman–Crippen MR) is 79.5 cm³/mol. The van der Waals surface area contributed by atoms with Crippen molar-refractivity contribution in [2.75, 3.05) is 6.54 Å². The first-order valence-corrected chi connectivity index (χ1v) is 7.11. The third-order valence-corrected chi connectivity index (χ3v) is 4.05. The first-order valence-electron chi connectivity index (χ1n) is 5.92. The van der Waals surface area contributed by atoms with E-state index in [2.05, 4.69) is 37.3 Å². The minimum atomic E-state index is 0.641. The first kappa shape index (κ1) is 13.5. The summed E-state index contributed by atoms with van der Waals surface area (Å²) in [5.74, 6) is 0. The number of hydrogen-bond donors (Lipinski definition) is 1. The maximum atomic E-state index is 6.03. The molecule has 3 heteroatoms. The van der Waals surface area contributed by atoms with Crippen molar-refractivity contribution >= 4 is 23.4 Å². The van der Waals surface area contributed by atoms with Crippen molar-refractivity contribution in [3.63, 3.8) is 0 Å². The zero-order valence-electron chi connectivity index (χ0n) is 10.3. The highest BCUT2D eigenvalue weighted by Gasteiger charge is 2.05. The van der Waals surface area contributed by atoms with E-state index in [4.69, 9.17) is 17.3 Å². The van der Waals surface area contributed by atoms with Gasteiger partial charge in [0.2, 0.25) is 0 Å². The van der Waals surface area contributed by atoms with Crippen molar-refractivity contribution in [3.05, 3.63) is 58.6 Å². The summed E-state index contributed by atoms with van der Waals surface area (Å²) >= 11 is 7.78. The number of hydrogen-bond acceptors (Lipinski definition) is 2. The second-order valence-electron chi connectivity index (χ2n) is 4.21. The summed E-state index contributed by atoms with van der Waals surface area (Å²) in [5.41, 5.74) is 8.13. The molecule has 0 aromatic heterocycles. The molecular weight excluding hydrogens is 262 g/mol. The third kappa shape index (κ3) is 3.52. The van der Waals surface area contributed by atoms with E-state index in [-0.39, 0.29) is 0 Å². The van der Waals surface area contributed by atoms with E-state index in [9.17, 15) is 0 Å². The Kier molecular flexibility index (Phi) is 4.70. The van der Waals surface area contributed by atoms with Crippen LogP contribution in [0.25, 0.3) is 0 Å². The van der Waals surface area contributed by atoms with Crippen LogP contribution < -0.4 is 5.73 Å². The van der Waals surface area contributed by atoms with Crippen LogP contribution in [0.15, 0.2) is 52.3 Å². The lowest BCUT2D eigenvalue weighted by Crippen LogP contribution is -2.03. The molecule has 1 nitrogen and oxygen atoms in total. The quantitative estimate of drug-likeness (QED) is 0.902. The van der Waals surface area contributed by atoms with E-state index in [1.54, 1.807) is 11.8 Å². The van der Waals surface area contributed by atoms with E-state index in [1.165, 1.54) is 20.9 Å². The summed E-state index contributed by atoms with van der Waals surface area (Å²) in [4.78, 5) is 2.47. The number of nitrogens with two attached hydrogens (primary N) is 1. The molecule has 0 saturated carbocycles. The van der Waals surface area contributed by atoms with Crippen molar-refractivity contribution in [3.8, 4) is 0 Å². The van der Waals surface area contributed by atoms with E-state index in [0.717, 1.165) is 11.4 Å². The van der Waals surface area contributed by atoms with Crippen LogP contribution in [0.3, 0.4) is 0 Å². The molecule has 0 aliphatic rings. The number of benzene rings is 2. The SMILES string of the molecule is Cc1ccc(Sc2ccc(Cl)cc2CCN)cc1. The Morgan fingerprint density at radius 3 is 2.50 bits per heavy atom. The highest BCUT2D eigenvalue weighted by Crippen LogP contribution is 2.32. The largest absolute Gasteiger partial charge is 0.330 e. The fourth-order valence-electron chi connectivity index (χ4n) is 1.73. The average molecular weight is 278 g/mol. The minimum Gasteiger partial charge on any atom is -0.330 e. The smallest absolute Gasteiger partial charge is 0.0409 e. The van der Waals surface area contributed by atoms with Crippen LogP contribution in [-0.4, -0.2) is 6.54 Å². The molecule has 0 bridgehead atoms. The molecule has 0 aliphatic heterocycles. The van der Waals surface area contributed by atoms with Gasteiger partial charge >= 0.3 is 0 Å². The molecule has 0 unspecified atom stereocenters. The minimum absolute atomic E-state index is 0.641. The van der Waals surface area contributed by atoms with Gasteiger partial charge in [-0.1, -0.05) is 41.1 Å². The molecule has 0 spiro atoms. The zero-order chi connectivity index (χ0) is 13.0. The van der Waals surface area contributed by atoms with Gasteiger partial charge in [-0.15, -0.1) is 0 Å². The maximum Gasteiger partial charge on any atom is 0.0409 e. The predicted octanol–water partition coefficient (Wildman–Crippen LogP) is 4.30. The van der Waals surface area contributed by atoms with Crippen LogP contribution in [0, 0.1) is 6.92 Å². The van der Waals surface area contributed by atoms with Crippen molar-refractivity contribution in [1.29, 1.82) is 0 Å². The Bertz CT molecular complexity index is 523. The lowest BCUT2D eigenvalue weighted by atomic mass is 10.1. The van der Waals surface area contributed by atoms with Crippen LogP contribution in [0.4, 0.5) is 0 Å². The van der Waals surface area contributed by atoms with E-state index >= 15 is 0 Å². The van der Waals surface area contributed by atoms with Crippen LogP contribution >= 0.6 is 23.4 Å². The molecule has 0 heterocycles. The Morgan fingerprint density at radius 1 is 1.11 bits per heavy atom. The van der Waals surface area contributed by atoms with Crippen molar-refractivity contribution in [1.82, 2.24) is 0 Å². The molecule has 0 aliphatic carbocycles. The monoisotopic (exact) mass is 277 g/mol. The summed E-state index contributed by atoms with van der Waals surface area (Å²) in [7, 11) is 0. The molecule has 2 aromatic carbocycles. The zero-order valence-corrected chi connectivity index (χ0v) is 11.9. The van der Waals surface area contributed by atoms with Gasteiger partial charge in [-0.25, -0.2) is 0 Å². The Balaban J connectivity index is 2.25. The summed E-state index contributed by atoms with van der Waals surface area (Å²) in [6.07, 6.45) is 0.856. The first-order chi connectivity index (χ1) is 8.69. The van der Waals surface area contributed by atoms with Crippen molar-refractivity contribution in [2.24, 2.45) is 5.73 Å². The third-order valence-electron chi connectivity index (χ3n) is 2.69. The Morgan fingerprint density at radius 2 is 1.83 bits per heavy atom. The van der Waals surface area contributed by atoms with E-state index in [1.807, 2.05) is 12.1 Å².